The number of anilines is 1. The molecule has 0 spiro atoms. The lowest BCUT2D eigenvalue weighted by Gasteiger charge is -2.12. The summed E-state index contributed by atoms with van der Waals surface area (Å²) in [6, 6.07) is 12.0. The summed E-state index contributed by atoms with van der Waals surface area (Å²) >= 11 is 6.01. The molecule has 7 heteroatoms. The zero-order valence-corrected chi connectivity index (χ0v) is 15.8. The van der Waals surface area contributed by atoms with Gasteiger partial charge in [0.2, 0.25) is 0 Å². The Kier molecular flexibility index (Phi) is 5.28. The number of hydrazone groups is 1. The van der Waals surface area contributed by atoms with Crippen molar-refractivity contribution in [1.82, 2.24) is 0 Å². The number of hydrogen-bond donors (Lipinski definition) is 0. The summed E-state index contributed by atoms with van der Waals surface area (Å²) in [7, 11) is 1.48. The molecule has 0 bridgehead atoms. The number of carbonyl (C=O) groups excluding carboxylic acids is 2. The molecule has 2 aromatic rings. The lowest BCUT2D eigenvalue weighted by Crippen LogP contribution is -2.21. The van der Waals surface area contributed by atoms with E-state index in [0.717, 1.165) is 0 Å². The van der Waals surface area contributed by atoms with Crippen molar-refractivity contribution in [1.29, 1.82) is 0 Å². The maximum absolute atomic E-state index is 12.8. The molecule has 1 aliphatic heterocycles. The van der Waals surface area contributed by atoms with Crippen LogP contribution in [0.5, 0.6) is 11.5 Å². The highest BCUT2D eigenvalue weighted by molar-refractivity contribution is 6.33. The summed E-state index contributed by atoms with van der Waals surface area (Å²) in [5, 5.41) is 6.17. The number of amides is 1. The van der Waals surface area contributed by atoms with E-state index >= 15 is 0 Å². The molecule has 3 rings (SSSR count). The van der Waals surface area contributed by atoms with Gasteiger partial charge in [-0.15, -0.1) is 0 Å². The van der Waals surface area contributed by atoms with Crippen molar-refractivity contribution >= 4 is 41.0 Å². The Labute approximate surface area is 161 Å². The van der Waals surface area contributed by atoms with E-state index in [1.165, 1.54) is 19.0 Å². The molecule has 0 aromatic heterocycles. The minimum atomic E-state index is -0.439. The standard InChI is InChI=1S/C20H17ClN2O4/c1-12-17(20(25)23(22-12)16-6-4-5-15(21)11-16)9-14-7-8-18(27-13(2)24)19(10-14)26-3/h4-11H,1-3H3/b17-9-. The summed E-state index contributed by atoms with van der Waals surface area (Å²) < 4.78 is 10.4. The van der Waals surface area contributed by atoms with E-state index in [1.54, 1.807) is 55.5 Å². The second kappa shape index (κ2) is 7.63. The smallest absolute Gasteiger partial charge is 0.308 e. The van der Waals surface area contributed by atoms with Gasteiger partial charge in [0.15, 0.2) is 11.5 Å². The highest BCUT2D eigenvalue weighted by atomic mass is 35.5. The highest BCUT2D eigenvalue weighted by Crippen LogP contribution is 2.31. The number of rotatable bonds is 4. The molecule has 0 fully saturated rings. The molecule has 6 nitrogen and oxygen atoms in total. The quantitative estimate of drug-likeness (QED) is 0.452. The molecule has 0 saturated heterocycles. The van der Waals surface area contributed by atoms with Crippen LogP contribution in [0, 0.1) is 0 Å². The summed E-state index contributed by atoms with van der Waals surface area (Å²) in [4.78, 5) is 24.0. The minimum absolute atomic E-state index is 0.252. The first kappa shape index (κ1) is 18.7. The number of halogens is 1. The van der Waals surface area contributed by atoms with E-state index in [4.69, 9.17) is 21.1 Å². The van der Waals surface area contributed by atoms with Gasteiger partial charge < -0.3 is 9.47 Å². The van der Waals surface area contributed by atoms with Gasteiger partial charge in [-0.2, -0.15) is 10.1 Å². The summed E-state index contributed by atoms with van der Waals surface area (Å²) in [5.41, 5.74) is 2.35. The number of esters is 1. The van der Waals surface area contributed by atoms with Gasteiger partial charge in [-0.1, -0.05) is 23.7 Å². The van der Waals surface area contributed by atoms with Gasteiger partial charge in [0.05, 0.1) is 24.1 Å². The molecule has 0 atom stereocenters. The van der Waals surface area contributed by atoms with E-state index in [-0.39, 0.29) is 5.91 Å². The lowest BCUT2D eigenvalue weighted by molar-refractivity contribution is -0.132. The molecule has 27 heavy (non-hydrogen) atoms. The third-order valence-corrected chi connectivity index (χ3v) is 4.10. The Morgan fingerprint density at radius 2 is 1.96 bits per heavy atom. The van der Waals surface area contributed by atoms with Crippen LogP contribution in [0.1, 0.15) is 19.4 Å². The van der Waals surface area contributed by atoms with Crippen molar-refractivity contribution in [3.63, 3.8) is 0 Å². The van der Waals surface area contributed by atoms with Crippen LogP contribution in [-0.4, -0.2) is 24.7 Å². The Morgan fingerprint density at radius 1 is 1.19 bits per heavy atom. The maximum Gasteiger partial charge on any atom is 0.308 e. The number of ether oxygens (including phenoxy) is 2. The largest absolute Gasteiger partial charge is 0.493 e. The molecular formula is C20H17ClN2O4. The minimum Gasteiger partial charge on any atom is -0.493 e. The van der Waals surface area contributed by atoms with Crippen molar-refractivity contribution < 1.29 is 19.1 Å². The lowest BCUT2D eigenvalue weighted by atomic mass is 10.1. The van der Waals surface area contributed by atoms with Crippen LogP contribution in [0.15, 0.2) is 53.1 Å². The van der Waals surface area contributed by atoms with Crippen molar-refractivity contribution in [3.05, 3.63) is 58.6 Å². The Balaban J connectivity index is 1.92. The van der Waals surface area contributed by atoms with Crippen molar-refractivity contribution in [2.75, 3.05) is 12.1 Å². The third kappa shape index (κ3) is 4.01. The molecule has 138 valence electrons. The first-order valence-electron chi connectivity index (χ1n) is 8.13. The SMILES string of the molecule is COc1cc(/C=C2\C(=O)N(c3cccc(Cl)c3)N=C2C)ccc1OC(C)=O. The molecule has 2 aromatic carbocycles. The van der Waals surface area contributed by atoms with E-state index in [0.29, 0.717) is 39.1 Å². The van der Waals surface area contributed by atoms with Gasteiger partial charge in [0, 0.05) is 11.9 Å². The normalized spacial score (nSPS) is 15.1. The highest BCUT2D eigenvalue weighted by Gasteiger charge is 2.28. The molecule has 0 radical (unpaired) electrons. The van der Waals surface area contributed by atoms with E-state index in [2.05, 4.69) is 5.10 Å². The zero-order valence-electron chi connectivity index (χ0n) is 15.0. The topological polar surface area (TPSA) is 68.2 Å². The number of methoxy groups -OCH3 is 1. The second-order valence-corrected chi connectivity index (χ2v) is 6.28. The maximum atomic E-state index is 12.8. The predicted molar refractivity (Wildman–Crippen MR) is 104 cm³/mol. The van der Waals surface area contributed by atoms with Gasteiger partial charge in [-0.3, -0.25) is 9.59 Å². The van der Waals surface area contributed by atoms with E-state index in [9.17, 15) is 9.59 Å². The zero-order chi connectivity index (χ0) is 19.6. The van der Waals surface area contributed by atoms with E-state index in [1.807, 2.05) is 0 Å². The van der Waals surface area contributed by atoms with Gasteiger partial charge in [-0.25, -0.2) is 0 Å². The average Bonchev–Trinajstić information content (AvgIpc) is 2.90. The Morgan fingerprint density at radius 3 is 2.63 bits per heavy atom. The number of hydrogen-bond acceptors (Lipinski definition) is 5. The van der Waals surface area contributed by atoms with Crippen LogP contribution in [0.3, 0.4) is 0 Å². The monoisotopic (exact) mass is 384 g/mol. The predicted octanol–water partition coefficient (Wildman–Crippen LogP) is 4.08. The third-order valence-electron chi connectivity index (χ3n) is 3.87. The van der Waals surface area contributed by atoms with Gasteiger partial charge in [0.1, 0.15) is 0 Å². The van der Waals surface area contributed by atoms with Crippen LogP contribution in [0.2, 0.25) is 5.02 Å². The molecule has 1 heterocycles. The van der Waals surface area contributed by atoms with Crippen molar-refractivity contribution in [2.24, 2.45) is 5.10 Å². The van der Waals surface area contributed by atoms with Crippen LogP contribution in [0.25, 0.3) is 6.08 Å². The number of carbonyl (C=O) groups is 2. The molecule has 0 saturated carbocycles. The fourth-order valence-corrected chi connectivity index (χ4v) is 2.83. The molecule has 0 aliphatic carbocycles. The Bertz CT molecular complexity index is 982. The van der Waals surface area contributed by atoms with Crippen LogP contribution >= 0.6 is 11.6 Å². The summed E-state index contributed by atoms with van der Waals surface area (Å²) in [6.45, 7) is 3.08. The van der Waals surface area contributed by atoms with E-state index < -0.39 is 5.97 Å². The average molecular weight is 385 g/mol. The van der Waals surface area contributed by atoms with Crippen molar-refractivity contribution in [2.45, 2.75) is 13.8 Å². The van der Waals surface area contributed by atoms with Crippen LogP contribution < -0.4 is 14.5 Å². The van der Waals surface area contributed by atoms with Gasteiger partial charge in [0.25, 0.3) is 5.91 Å². The van der Waals surface area contributed by atoms with Crippen LogP contribution in [0.4, 0.5) is 5.69 Å². The van der Waals surface area contributed by atoms with Gasteiger partial charge >= 0.3 is 5.97 Å². The molecule has 0 unspecified atom stereocenters. The summed E-state index contributed by atoms with van der Waals surface area (Å²) in [5.74, 6) is 0.0189. The number of nitrogens with zero attached hydrogens (tertiary/aromatic N) is 2. The number of benzene rings is 2. The van der Waals surface area contributed by atoms with Crippen molar-refractivity contribution in [3.8, 4) is 11.5 Å². The van der Waals surface area contributed by atoms with Crippen LogP contribution in [-0.2, 0) is 9.59 Å². The second-order valence-electron chi connectivity index (χ2n) is 5.84. The fourth-order valence-electron chi connectivity index (χ4n) is 2.65. The molecular weight excluding hydrogens is 368 g/mol. The summed E-state index contributed by atoms with van der Waals surface area (Å²) in [6.07, 6.45) is 1.71. The first-order valence-corrected chi connectivity index (χ1v) is 8.50. The molecule has 1 aliphatic rings. The Hall–Kier alpha value is -3.12. The molecule has 0 N–H and O–H groups in total. The first-order chi connectivity index (χ1) is 12.9. The van der Waals surface area contributed by atoms with Gasteiger partial charge in [-0.05, 0) is 48.9 Å². The molecule has 1 amide bonds. The fraction of sp³-hybridized carbons (Fsp3) is 0.150.